The Balaban J connectivity index is 1.30. The van der Waals surface area contributed by atoms with Gasteiger partial charge < -0.3 is 19.8 Å². The molecule has 4 aromatic rings. The molecule has 2 aliphatic heterocycles. The summed E-state index contributed by atoms with van der Waals surface area (Å²) in [7, 11) is 0. The summed E-state index contributed by atoms with van der Waals surface area (Å²) < 4.78 is 10.9. The third-order valence-electron chi connectivity index (χ3n) is 6.42. The Bertz CT molecular complexity index is 1270. The third kappa shape index (κ3) is 3.19. The van der Waals surface area contributed by atoms with Gasteiger partial charge in [0.15, 0.2) is 5.58 Å². The van der Waals surface area contributed by atoms with Crippen LogP contribution in [-0.4, -0.2) is 65.3 Å². The molecule has 2 fully saturated rings. The van der Waals surface area contributed by atoms with Crippen molar-refractivity contribution >= 4 is 34.0 Å². The van der Waals surface area contributed by atoms with Crippen molar-refractivity contribution in [1.82, 2.24) is 19.9 Å². The molecule has 2 aliphatic rings. The van der Waals surface area contributed by atoms with Gasteiger partial charge in [0.05, 0.1) is 30.4 Å². The number of aryl methyl sites for hydroxylation is 1. The maximum absolute atomic E-state index is 5.69. The predicted octanol–water partition coefficient (Wildman–Crippen LogP) is 2.85. The molecular weight excluding hydrogens is 392 g/mol. The number of oxazole rings is 1. The number of fused-ring (bicyclic) bond motifs is 2. The summed E-state index contributed by atoms with van der Waals surface area (Å²) in [6.07, 6.45) is 1.89. The van der Waals surface area contributed by atoms with Crippen LogP contribution in [0.2, 0.25) is 0 Å². The van der Waals surface area contributed by atoms with Gasteiger partial charge in [0, 0.05) is 32.2 Å². The molecule has 8 nitrogen and oxygen atoms in total. The van der Waals surface area contributed by atoms with Crippen molar-refractivity contribution in [2.24, 2.45) is 0 Å². The fraction of sp³-hybridized carbons (Fsp3) is 0.348. The van der Waals surface area contributed by atoms with Crippen molar-refractivity contribution in [2.75, 3.05) is 50.0 Å². The van der Waals surface area contributed by atoms with Gasteiger partial charge in [-0.1, -0.05) is 12.1 Å². The number of ether oxygens (including phenoxy) is 1. The van der Waals surface area contributed by atoms with E-state index in [-0.39, 0.29) is 6.01 Å². The van der Waals surface area contributed by atoms with E-state index in [2.05, 4.69) is 32.8 Å². The van der Waals surface area contributed by atoms with Gasteiger partial charge in [-0.15, -0.1) is 0 Å². The highest BCUT2D eigenvalue weighted by atomic mass is 16.5. The zero-order valence-electron chi connectivity index (χ0n) is 17.4. The minimum atomic E-state index is 0.183. The maximum Gasteiger partial charge on any atom is 0.292 e. The molecule has 0 bridgehead atoms. The second kappa shape index (κ2) is 7.18. The first-order chi connectivity index (χ1) is 15.2. The van der Waals surface area contributed by atoms with Crippen LogP contribution in [0.4, 0.5) is 11.8 Å². The van der Waals surface area contributed by atoms with Crippen LogP contribution in [0.15, 0.2) is 40.9 Å². The highest BCUT2D eigenvalue weighted by molar-refractivity contribution is 5.89. The van der Waals surface area contributed by atoms with Crippen LogP contribution in [0.1, 0.15) is 5.56 Å². The van der Waals surface area contributed by atoms with Gasteiger partial charge in [-0.05, 0) is 41.8 Å². The summed E-state index contributed by atoms with van der Waals surface area (Å²) in [6, 6.07) is 10.8. The second-order valence-corrected chi connectivity index (χ2v) is 8.28. The molecule has 2 saturated heterocycles. The van der Waals surface area contributed by atoms with Crippen LogP contribution >= 0.6 is 0 Å². The van der Waals surface area contributed by atoms with Crippen molar-refractivity contribution in [2.45, 2.75) is 13.0 Å². The zero-order chi connectivity index (χ0) is 20.9. The minimum Gasteiger partial charge on any atom is -0.424 e. The molecule has 0 amide bonds. The molecule has 0 unspecified atom stereocenters. The Morgan fingerprint density at radius 2 is 1.87 bits per heavy atom. The number of anilines is 2. The number of rotatable bonds is 3. The van der Waals surface area contributed by atoms with Crippen LogP contribution in [0.25, 0.3) is 33.3 Å². The zero-order valence-corrected chi connectivity index (χ0v) is 17.4. The monoisotopic (exact) mass is 416 g/mol. The topological polar surface area (TPSA) is 93.5 Å². The molecule has 158 valence electrons. The molecule has 0 saturated carbocycles. The first-order valence-corrected chi connectivity index (χ1v) is 10.7. The number of nitrogens with two attached hydrogens (primary N) is 1. The number of aromatic nitrogens is 3. The first kappa shape index (κ1) is 18.5. The second-order valence-electron chi connectivity index (χ2n) is 8.28. The molecule has 0 atom stereocenters. The number of nitrogens with zero attached hydrogens (tertiary/aromatic N) is 5. The summed E-state index contributed by atoms with van der Waals surface area (Å²) in [5.74, 6) is 0.942. The molecule has 2 aromatic heterocycles. The van der Waals surface area contributed by atoms with E-state index in [9.17, 15) is 0 Å². The number of benzene rings is 2. The van der Waals surface area contributed by atoms with Crippen molar-refractivity contribution in [3.05, 3.63) is 42.1 Å². The highest BCUT2D eigenvalue weighted by Gasteiger charge is 2.33. The van der Waals surface area contributed by atoms with E-state index in [1.807, 2.05) is 30.5 Å². The van der Waals surface area contributed by atoms with Crippen molar-refractivity contribution in [3.63, 3.8) is 0 Å². The molecule has 2 aromatic carbocycles. The quantitative estimate of drug-likeness (QED) is 0.545. The van der Waals surface area contributed by atoms with Crippen LogP contribution in [0.3, 0.4) is 0 Å². The Kier molecular flexibility index (Phi) is 4.29. The lowest BCUT2D eigenvalue weighted by molar-refractivity contribution is 0.0104. The number of nitrogen functional groups attached to an aromatic ring is 1. The molecule has 31 heavy (non-hydrogen) atoms. The van der Waals surface area contributed by atoms with Crippen LogP contribution in [0.5, 0.6) is 0 Å². The van der Waals surface area contributed by atoms with Gasteiger partial charge in [-0.25, -0.2) is 4.98 Å². The summed E-state index contributed by atoms with van der Waals surface area (Å²) in [4.78, 5) is 18.8. The largest absolute Gasteiger partial charge is 0.424 e. The number of hydrogen-bond donors (Lipinski definition) is 1. The Morgan fingerprint density at radius 3 is 2.71 bits per heavy atom. The van der Waals surface area contributed by atoms with E-state index in [1.54, 1.807) is 0 Å². The molecule has 8 heteroatoms. The average Bonchev–Trinajstić information content (AvgIpc) is 3.13. The minimum absolute atomic E-state index is 0.183. The fourth-order valence-electron chi connectivity index (χ4n) is 4.60. The lowest BCUT2D eigenvalue weighted by Gasteiger charge is -2.47. The Labute approximate surface area is 179 Å². The third-order valence-corrected chi connectivity index (χ3v) is 6.42. The van der Waals surface area contributed by atoms with Gasteiger partial charge in [-0.3, -0.25) is 9.88 Å². The molecule has 0 spiro atoms. The van der Waals surface area contributed by atoms with Gasteiger partial charge >= 0.3 is 0 Å². The van der Waals surface area contributed by atoms with Crippen LogP contribution < -0.4 is 10.6 Å². The van der Waals surface area contributed by atoms with Gasteiger partial charge in [-0.2, -0.15) is 4.98 Å². The van der Waals surface area contributed by atoms with Crippen molar-refractivity contribution in [3.8, 4) is 11.1 Å². The Hall–Kier alpha value is -3.23. The Morgan fingerprint density at radius 1 is 1.03 bits per heavy atom. The van der Waals surface area contributed by atoms with Gasteiger partial charge in [0.2, 0.25) is 0 Å². The van der Waals surface area contributed by atoms with E-state index >= 15 is 0 Å². The molecule has 6 rings (SSSR count). The number of morpholine rings is 1. The normalized spacial score (nSPS) is 18.0. The summed E-state index contributed by atoms with van der Waals surface area (Å²) in [5.41, 5.74) is 12.2. The smallest absolute Gasteiger partial charge is 0.292 e. The highest BCUT2D eigenvalue weighted by Crippen LogP contribution is 2.32. The molecular formula is C23H24N6O2. The van der Waals surface area contributed by atoms with E-state index in [0.29, 0.717) is 11.6 Å². The summed E-state index contributed by atoms with van der Waals surface area (Å²) >= 11 is 0. The first-order valence-electron chi connectivity index (χ1n) is 10.7. The van der Waals surface area contributed by atoms with E-state index < -0.39 is 0 Å². The lowest BCUT2D eigenvalue weighted by atomic mass is 9.99. The van der Waals surface area contributed by atoms with E-state index in [1.165, 1.54) is 0 Å². The van der Waals surface area contributed by atoms with Gasteiger partial charge in [0.1, 0.15) is 11.3 Å². The summed E-state index contributed by atoms with van der Waals surface area (Å²) in [5, 5.41) is 0. The van der Waals surface area contributed by atoms with Gasteiger partial charge in [0.25, 0.3) is 6.01 Å². The van der Waals surface area contributed by atoms with Crippen LogP contribution in [0, 0.1) is 6.92 Å². The summed E-state index contributed by atoms with van der Waals surface area (Å²) in [6.45, 7) is 7.79. The van der Waals surface area contributed by atoms with E-state index in [4.69, 9.17) is 19.9 Å². The van der Waals surface area contributed by atoms with E-state index in [0.717, 1.165) is 78.5 Å². The molecule has 0 aliphatic carbocycles. The van der Waals surface area contributed by atoms with Crippen LogP contribution in [-0.2, 0) is 4.74 Å². The lowest BCUT2D eigenvalue weighted by Crippen LogP contribution is -2.61. The SMILES string of the molecule is Cc1c(-c2ccc3oc(N)nc3c2)ccc2ncc(N3CC(N4CCOCC4)C3)nc12. The predicted molar refractivity (Wildman–Crippen MR) is 120 cm³/mol. The van der Waals surface area contributed by atoms with Crippen molar-refractivity contribution in [1.29, 1.82) is 0 Å². The molecule has 4 heterocycles. The molecule has 2 N–H and O–H groups in total. The van der Waals surface area contributed by atoms with Crippen molar-refractivity contribution < 1.29 is 9.15 Å². The average molecular weight is 416 g/mol. The fourth-order valence-corrected chi connectivity index (χ4v) is 4.60. The standard InChI is InChI=1S/C23H24N6O2/c1-14-17(15-2-5-20-19(10-15)26-23(24)31-20)3-4-18-22(14)27-21(11-25-18)29-12-16(13-29)28-6-8-30-9-7-28/h2-5,10-11,16H,6-9,12-13H2,1H3,(H2,24,26). The molecule has 0 radical (unpaired) electrons. The number of hydrogen-bond acceptors (Lipinski definition) is 8. The maximum atomic E-state index is 5.69.